The van der Waals surface area contributed by atoms with E-state index in [-0.39, 0.29) is 155 Å². The Labute approximate surface area is 210 Å². The SMILES string of the molecule is I.I.I.[I][In]([I])[I].[NaH].[Sc].[Tl]. The van der Waals surface area contributed by atoms with Gasteiger partial charge in [0.25, 0.3) is 0 Å². The summed E-state index contributed by atoms with van der Waals surface area (Å²) in [5.74, 6) is 0. The molecule has 0 aliphatic rings. The monoisotopic (exact) mass is 1150 g/mol. The van der Waals surface area contributed by atoms with Gasteiger partial charge in [0.1, 0.15) is 0 Å². The van der Waals surface area contributed by atoms with E-state index in [1.54, 1.807) is 0 Å². The second-order valence-electron chi connectivity index (χ2n) is 0.247. The fourth-order valence-corrected chi connectivity index (χ4v) is 0. The predicted molar refractivity (Wildman–Crippen MR) is 107 cm³/mol. The molecule has 0 saturated heterocycles. The zero-order valence-corrected chi connectivity index (χ0v) is 27.1. The van der Waals surface area contributed by atoms with Crippen LogP contribution in [0.25, 0.3) is 0 Å². The Balaban J connectivity index is -0.00000000300. The normalized spacial score (nSPS) is 2.70. The maximum Gasteiger partial charge on any atom is 0 e. The quantitative estimate of drug-likeness (QED) is 0.259. The summed E-state index contributed by atoms with van der Waals surface area (Å²) in [4.78, 5) is 0. The molecular formula is H4I6InNaScTl. The van der Waals surface area contributed by atoms with Crippen LogP contribution in [0.5, 0.6) is 0 Å². The van der Waals surface area contributed by atoms with Crippen molar-refractivity contribution in [3.8, 4) is 0 Å². The van der Waals surface area contributed by atoms with Crippen LogP contribution in [0.15, 0.2) is 0 Å². The van der Waals surface area contributed by atoms with Gasteiger partial charge in [0.2, 0.25) is 0 Å². The van der Waals surface area contributed by atoms with Gasteiger partial charge >= 0.3 is 92.9 Å². The van der Waals surface area contributed by atoms with E-state index in [0.29, 0.717) is 0 Å². The maximum absolute atomic E-state index is 2.53. The molecule has 0 saturated carbocycles. The molecule has 0 unspecified atom stereocenters. The fourth-order valence-electron chi connectivity index (χ4n) is 0. The Bertz CT molecular complexity index is 22.5. The van der Waals surface area contributed by atoms with Crippen molar-refractivity contribution < 1.29 is 25.8 Å². The molecule has 0 aromatic heterocycles. The molecular weight excluding hydrogens is 1150 g/mol. The molecule has 0 aliphatic carbocycles. The van der Waals surface area contributed by atoms with Crippen molar-refractivity contribution >= 4 is 192 Å². The third kappa shape index (κ3) is 56.1. The Morgan fingerprint density at radius 2 is 0.800 bits per heavy atom. The molecule has 0 aliphatic heterocycles. The van der Waals surface area contributed by atoms with Crippen molar-refractivity contribution in [1.29, 1.82) is 0 Å². The van der Waals surface area contributed by atoms with Gasteiger partial charge in [-0.2, -0.15) is 0 Å². The van der Waals surface area contributed by atoms with Gasteiger partial charge in [0, 0.05) is 53.1 Å². The second-order valence-corrected chi connectivity index (χ2v) is 74.7. The molecule has 0 spiro atoms. The molecule has 0 nitrogen and oxygen atoms in total. The molecule has 0 rings (SSSR count). The van der Waals surface area contributed by atoms with Gasteiger partial charge in [-0.05, 0) is 0 Å². The fraction of sp³-hybridized carbons (Fsp3) is 0. The molecule has 0 aromatic carbocycles. The summed E-state index contributed by atoms with van der Waals surface area (Å²) in [7, 11) is -0.727. The Morgan fingerprint density at radius 1 is 0.800 bits per heavy atom. The molecule has 10 heavy (non-hydrogen) atoms. The van der Waals surface area contributed by atoms with Crippen molar-refractivity contribution in [2.75, 3.05) is 0 Å². The van der Waals surface area contributed by atoms with Crippen molar-refractivity contribution in [2.45, 2.75) is 0 Å². The predicted octanol–water partition coefficient (Wildman–Crippen LogP) is 3.10. The smallest absolute Gasteiger partial charge is 0 e. The summed E-state index contributed by atoms with van der Waals surface area (Å²) in [5, 5.41) is 0. The molecule has 0 N–H and O–H groups in total. The summed E-state index contributed by atoms with van der Waals surface area (Å²) in [6.07, 6.45) is 0. The molecule has 56 valence electrons. The Kier molecular flexibility index (Phi) is 155. The summed E-state index contributed by atoms with van der Waals surface area (Å²) in [6, 6.07) is 0. The first-order chi connectivity index (χ1) is 1.73. The largest absolute Gasteiger partial charge is 0 e. The van der Waals surface area contributed by atoms with Gasteiger partial charge in [-0.1, -0.05) is 0 Å². The summed E-state index contributed by atoms with van der Waals surface area (Å²) in [5.41, 5.74) is 0. The van der Waals surface area contributed by atoms with E-state index in [9.17, 15) is 0 Å². The van der Waals surface area contributed by atoms with Crippen molar-refractivity contribution in [1.82, 2.24) is 0 Å². The molecule has 0 bridgehead atoms. The van der Waals surface area contributed by atoms with Crippen LogP contribution in [0.4, 0.5) is 0 Å². The van der Waals surface area contributed by atoms with E-state index >= 15 is 0 Å². The molecule has 0 aromatic rings. The summed E-state index contributed by atoms with van der Waals surface area (Å²) >= 11 is 7.58. The Hall–Kier alpha value is 8.04. The van der Waals surface area contributed by atoms with Crippen LogP contribution in [-0.2, 0) is 25.8 Å². The van der Waals surface area contributed by atoms with Crippen LogP contribution < -0.4 is 0 Å². The van der Waals surface area contributed by atoms with E-state index < -0.39 is 8.97 Å². The zero-order chi connectivity index (χ0) is 3.58. The third-order valence-electron chi connectivity index (χ3n) is 0. The molecule has 0 amide bonds. The number of hydrogen-bond acceptors (Lipinski definition) is 0. The van der Waals surface area contributed by atoms with Crippen molar-refractivity contribution in [3.05, 3.63) is 0 Å². The number of halogens is 6. The van der Waals surface area contributed by atoms with Gasteiger partial charge < -0.3 is 0 Å². The summed E-state index contributed by atoms with van der Waals surface area (Å²) < 4.78 is 0. The summed E-state index contributed by atoms with van der Waals surface area (Å²) in [6.45, 7) is 0. The van der Waals surface area contributed by atoms with E-state index in [1.165, 1.54) is 0 Å². The maximum atomic E-state index is 2.53. The number of hydrogen-bond donors (Lipinski definition) is 0. The average molecular weight is 1150 g/mol. The van der Waals surface area contributed by atoms with E-state index in [4.69, 9.17) is 0 Å². The first kappa shape index (κ1) is 43.0. The number of rotatable bonds is 0. The minimum absolute atomic E-state index is 0. The van der Waals surface area contributed by atoms with Gasteiger partial charge in [0.05, 0.1) is 0 Å². The molecule has 0 fully saturated rings. The van der Waals surface area contributed by atoms with Crippen LogP contribution in [-0.4, -0.2) is 65.8 Å². The van der Waals surface area contributed by atoms with Crippen molar-refractivity contribution in [3.63, 3.8) is 0 Å². The van der Waals surface area contributed by atoms with Gasteiger partial charge in [0.15, 0.2) is 0 Å². The third-order valence-corrected chi connectivity index (χ3v) is 0. The molecule has 10 heteroatoms. The first-order valence-electron chi connectivity index (χ1n) is 0.655. The zero-order valence-electron chi connectivity index (χ0n) is 4.09. The van der Waals surface area contributed by atoms with E-state index in [2.05, 4.69) is 54.4 Å². The standard InChI is InChI=1S/6HI.In.Na.Sc.Tl.H/h6*1H;;;;;/q;;;;;;+3;;;;/p-3. The van der Waals surface area contributed by atoms with Crippen LogP contribution in [0.2, 0.25) is 0 Å². The van der Waals surface area contributed by atoms with Gasteiger partial charge in [-0.3, -0.25) is 0 Å². The van der Waals surface area contributed by atoms with Crippen LogP contribution in [0, 0.1) is 0 Å². The second kappa shape index (κ2) is 36.0. The van der Waals surface area contributed by atoms with Crippen LogP contribution >= 0.6 is 126 Å². The van der Waals surface area contributed by atoms with E-state index in [0.717, 1.165) is 0 Å². The minimum Gasteiger partial charge on any atom is 0 e. The van der Waals surface area contributed by atoms with Crippen molar-refractivity contribution in [2.24, 2.45) is 0 Å². The van der Waals surface area contributed by atoms with Crippen LogP contribution in [0.3, 0.4) is 0 Å². The minimum atomic E-state index is -0.727. The molecule has 0 atom stereocenters. The Morgan fingerprint density at radius 3 is 0.800 bits per heavy atom. The molecule has 0 heterocycles. The topological polar surface area (TPSA) is 0 Å². The van der Waals surface area contributed by atoms with Gasteiger partial charge in [-0.15, -0.1) is 71.9 Å². The average Bonchev–Trinajstić information content (AvgIpc) is 0.811. The van der Waals surface area contributed by atoms with Crippen LogP contribution in [0.1, 0.15) is 0 Å². The first-order valence-corrected chi connectivity index (χ1v) is 29.5. The van der Waals surface area contributed by atoms with Gasteiger partial charge in [-0.25, -0.2) is 0 Å². The molecule has 2 radical (unpaired) electrons. The van der Waals surface area contributed by atoms with E-state index in [1.807, 2.05) is 0 Å².